The van der Waals surface area contributed by atoms with E-state index in [2.05, 4.69) is 10.2 Å². The largest absolute Gasteiger partial charge is 0.508 e. The standard InChI is InChI=1S/C13H17N3O2/c14-9-1-2-12-15-16-13(18-12)8-5-10-3-6-11(17)7-4-10/h3-4,6-7,17H,1-2,5,8-9,14H2. The second-order valence-corrected chi connectivity index (χ2v) is 4.15. The van der Waals surface area contributed by atoms with Crippen LogP contribution in [0.1, 0.15) is 23.8 Å². The fraction of sp³-hybridized carbons (Fsp3) is 0.385. The highest BCUT2D eigenvalue weighted by atomic mass is 16.4. The van der Waals surface area contributed by atoms with Crippen molar-refractivity contribution in [3.63, 3.8) is 0 Å². The zero-order chi connectivity index (χ0) is 12.8. The molecule has 0 aliphatic carbocycles. The van der Waals surface area contributed by atoms with Crippen molar-refractivity contribution < 1.29 is 9.52 Å². The van der Waals surface area contributed by atoms with Crippen LogP contribution in [-0.4, -0.2) is 21.8 Å². The van der Waals surface area contributed by atoms with Crippen LogP contribution in [0.15, 0.2) is 28.7 Å². The third-order valence-electron chi connectivity index (χ3n) is 2.67. The summed E-state index contributed by atoms with van der Waals surface area (Å²) in [6, 6.07) is 7.13. The summed E-state index contributed by atoms with van der Waals surface area (Å²) in [6.07, 6.45) is 3.13. The highest BCUT2D eigenvalue weighted by Gasteiger charge is 2.05. The van der Waals surface area contributed by atoms with Gasteiger partial charge in [-0.2, -0.15) is 0 Å². The number of phenols is 1. The fourth-order valence-electron chi connectivity index (χ4n) is 1.66. The van der Waals surface area contributed by atoms with Crippen molar-refractivity contribution in [3.05, 3.63) is 41.6 Å². The molecule has 0 aliphatic heterocycles. The summed E-state index contributed by atoms with van der Waals surface area (Å²) in [5, 5.41) is 17.1. The van der Waals surface area contributed by atoms with E-state index in [4.69, 9.17) is 10.2 Å². The van der Waals surface area contributed by atoms with Gasteiger partial charge in [-0.3, -0.25) is 0 Å². The van der Waals surface area contributed by atoms with Gasteiger partial charge in [0.1, 0.15) is 5.75 Å². The van der Waals surface area contributed by atoms with Crippen molar-refractivity contribution >= 4 is 0 Å². The topological polar surface area (TPSA) is 85.2 Å². The van der Waals surface area contributed by atoms with E-state index in [9.17, 15) is 5.11 Å². The number of nitrogens with zero attached hydrogens (tertiary/aromatic N) is 2. The number of aromatic hydroxyl groups is 1. The lowest BCUT2D eigenvalue weighted by atomic mass is 10.1. The normalized spacial score (nSPS) is 10.7. The molecule has 0 spiro atoms. The maximum atomic E-state index is 9.18. The Morgan fingerprint density at radius 2 is 1.67 bits per heavy atom. The van der Waals surface area contributed by atoms with Gasteiger partial charge in [0.2, 0.25) is 11.8 Å². The summed E-state index contributed by atoms with van der Waals surface area (Å²) >= 11 is 0. The lowest BCUT2D eigenvalue weighted by Crippen LogP contribution is -2.00. The number of phenolic OH excluding ortho intramolecular Hbond substituents is 1. The van der Waals surface area contributed by atoms with E-state index < -0.39 is 0 Å². The van der Waals surface area contributed by atoms with Gasteiger partial charge >= 0.3 is 0 Å². The van der Waals surface area contributed by atoms with E-state index >= 15 is 0 Å². The zero-order valence-corrected chi connectivity index (χ0v) is 10.2. The molecular formula is C13H17N3O2. The molecule has 5 nitrogen and oxygen atoms in total. The van der Waals surface area contributed by atoms with E-state index in [1.807, 2.05) is 12.1 Å². The average Bonchev–Trinajstić information content (AvgIpc) is 2.84. The Kier molecular flexibility index (Phi) is 4.30. The monoisotopic (exact) mass is 247 g/mol. The Balaban J connectivity index is 1.86. The van der Waals surface area contributed by atoms with Gasteiger partial charge in [-0.25, -0.2) is 0 Å². The molecule has 1 aromatic carbocycles. The second kappa shape index (κ2) is 6.16. The molecule has 0 fully saturated rings. The predicted octanol–water partition coefficient (Wildman–Crippen LogP) is 1.45. The van der Waals surface area contributed by atoms with Crippen LogP contribution in [0.25, 0.3) is 0 Å². The molecule has 0 unspecified atom stereocenters. The maximum Gasteiger partial charge on any atom is 0.216 e. The van der Waals surface area contributed by atoms with Gasteiger partial charge in [0.25, 0.3) is 0 Å². The molecule has 5 heteroatoms. The van der Waals surface area contributed by atoms with Gasteiger partial charge in [0.15, 0.2) is 0 Å². The molecule has 1 heterocycles. The molecule has 3 N–H and O–H groups in total. The third kappa shape index (κ3) is 3.56. The van der Waals surface area contributed by atoms with E-state index in [-0.39, 0.29) is 5.75 Å². The summed E-state index contributed by atoms with van der Waals surface area (Å²) in [5.41, 5.74) is 6.55. The lowest BCUT2D eigenvalue weighted by Gasteiger charge is -1.98. The van der Waals surface area contributed by atoms with Crippen molar-refractivity contribution in [2.45, 2.75) is 25.7 Å². The van der Waals surface area contributed by atoms with Crippen molar-refractivity contribution in [3.8, 4) is 5.75 Å². The molecule has 0 atom stereocenters. The smallest absolute Gasteiger partial charge is 0.216 e. The minimum absolute atomic E-state index is 0.278. The Bertz CT molecular complexity index is 479. The van der Waals surface area contributed by atoms with Crippen molar-refractivity contribution in [2.75, 3.05) is 6.54 Å². The number of rotatable bonds is 6. The highest BCUT2D eigenvalue weighted by Crippen LogP contribution is 2.12. The van der Waals surface area contributed by atoms with Crippen LogP contribution < -0.4 is 5.73 Å². The van der Waals surface area contributed by atoms with Crippen LogP contribution in [0.5, 0.6) is 5.75 Å². The first-order valence-electron chi connectivity index (χ1n) is 6.07. The van der Waals surface area contributed by atoms with Crippen LogP contribution >= 0.6 is 0 Å². The minimum Gasteiger partial charge on any atom is -0.508 e. The highest BCUT2D eigenvalue weighted by molar-refractivity contribution is 5.26. The second-order valence-electron chi connectivity index (χ2n) is 4.15. The van der Waals surface area contributed by atoms with Crippen LogP contribution in [0.4, 0.5) is 0 Å². The number of aryl methyl sites for hydroxylation is 3. The fourth-order valence-corrected chi connectivity index (χ4v) is 1.66. The van der Waals surface area contributed by atoms with Gasteiger partial charge in [0.05, 0.1) is 0 Å². The average molecular weight is 247 g/mol. The molecule has 18 heavy (non-hydrogen) atoms. The Morgan fingerprint density at radius 1 is 1.00 bits per heavy atom. The molecule has 0 saturated carbocycles. The summed E-state index contributed by atoms with van der Waals surface area (Å²) in [7, 11) is 0. The minimum atomic E-state index is 0.278. The SMILES string of the molecule is NCCCc1nnc(CCc2ccc(O)cc2)o1. The Hall–Kier alpha value is -1.88. The molecule has 1 aromatic heterocycles. The summed E-state index contributed by atoms with van der Waals surface area (Å²) in [5.74, 6) is 1.58. The van der Waals surface area contributed by atoms with Crippen molar-refractivity contribution in [1.82, 2.24) is 10.2 Å². The Morgan fingerprint density at radius 3 is 2.33 bits per heavy atom. The quantitative estimate of drug-likeness (QED) is 0.807. The zero-order valence-electron chi connectivity index (χ0n) is 10.2. The number of hydrogen-bond acceptors (Lipinski definition) is 5. The number of benzene rings is 1. The van der Waals surface area contributed by atoms with Crippen LogP contribution in [0, 0.1) is 0 Å². The molecule has 96 valence electrons. The number of nitrogens with two attached hydrogens (primary N) is 1. The lowest BCUT2D eigenvalue weighted by molar-refractivity contribution is 0.444. The van der Waals surface area contributed by atoms with Gasteiger partial charge < -0.3 is 15.3 Å². The molecule has 0 saturated heterocycles. The molecule has 0 bridgehead atoms. The van der Waals surface area contributed by atoms with E-state index in [1.54, 1.807) is 12.1 Å². The van der Waals surface area contributed by atoms with Gasteiger partial charge in [-0.1, -0.05) is 12.1 Å². The van der Waals surface area contributed by atoms with Crippen LogP contribution in [0.2, 0.25) is 0 Å². The molecule has 0 amide bonds. The van der Waals surface area contributed by atoms with Gasteiger partial charge in [-0.15, -0.1) is 10.2 Å². The van der Waals surface area contributed by atoms with E-state index in [0.717, 1.165) is 24.8 Å². The van der Waals surface area contributed by atoms with Crippen LogP contribution in [-0.2, 0) is 19.3 Å². The van der Waals surface area contributed by atoms with Gasteiger partial charge in [-0.05, 0) is 37.1 Å². The van der Waals surface area contributed by atoms with Crippen molar-refractivity contribution in [1.29, 1.82) is 0 Å². The molecular weight excluding hydrogens is 230 g/mol. The predicted molar refractivity (Wildman–Crippen MR) is 67.2 cm³/mol. The first kappa shape index (κ1) is 12.6. The number of aromatic nitrogens is 2. The summed E-state index contributed by atoms with van der Waals surface area (Å²) in [4.78, 5) is 0. The van der Waals surface area contributed by atoms with Crippen LogP contribution in [0.3, 0.4) is 0 Å². The third-order valence-corrected chi connectivity index (χ3v) is 2.67. The first-order chi connectivity index (χ1) is 8.78. The van der Waals surface area contributed by atoms with E-state index in [1.165, 1.54) is 0 Å². The van der Waals surface area contributed by atoms with Crippen molar-refractivity contribution in [2.24, 2.45) is 5.73 Å². The Labute approximate surface area is 106 Å². The molecule has 2 rings (SSSR count). The van der Waals surface area contributed by atoms with E-state index in [0.29, 0.717) is 24.7 Å². The first-order valence-corrected chi connectivity index (χ1v) is 6.07. The molecule has 0 radical (unpaired) electrons. The summed E-state index contributed by atoms with van der Waals surface area (Å²) < 4.78 is 5.50. The summed E-state index contributed by atoms with van der Waals surface area (Å²) in [6.45, 7) is 0.630. The molecule has 2 aromatic rings. The molecule has 0 aliphatic rings. The maximum absolute atomic E-state index is 9.18. The number of hydrogen-bond donors (Lipinski definition) is 2. The van der Waals surface area contributed by atoms with Gasteiger partial charge in [0, 0.05) is 12.8 Å².